The number of fused-ring (bicyclic) bond motifs is 1. The molecule has 8 nitrogen and oxygen atoms in total. The molecule has 2 atom stereocenters. The highest BCUT2D eigenvalue weighted by Gasteiger charge is 2.27. The maximum Gasteiger partial charge on any atom is 0.225 e. The number of hydrogen-bond acceptors (Lipinski definition) is 6. The van der Waals surface area contributed by atoms with Gasteiger partial charge in [-0.2, -0.15) is 0 Å². The van der Waals surface area contributed by atoms with Gasteiger partial charge < -0.3 is 10.2 Å². The van der Waals surface area contributed by atoms with Gasteiger partial charge in [0.15, 0.2) is 11.5 Å². The number of tetrazole rings is 1. The van der Waals surface area contributed by atoms with Crippen molar-refractivity contribution in [1.29, 1.82) is 0 Å². The molecule has 0 aromatic carbocycles. The van der Waals surface area contributed by atoms with Gasteiger partial charge in [-0.1, -0.05) is 13.3 Å². The zero-order valence-electron chi connectivity index (χ0n) is 13.6. The van der Waals surface area contributed by atoms with Crippen molar-refractivity contribution in [2.45, 2.75) is 45.6 Å². The summed E-state index contributed by atoms with van der Waals surface area (Å²) >= 11 is 0. The third kappa shape index (κ3) is 3.57. The normalized spacial score (nSPS) is 19.7. The fourth-order valence-electron chi connectivity index (χ4n) is 3.07. The second-order valence-corrected chi connectivity index (χ2v) is 6.20. The minimum atomic E-state index is 0.00873. The van der Waals surface area contributed by atoms with Crippen LogP contribution in [0.25, 0.3) is 5.65 Å². The van der Waals surface area contributed by atoms with Gasteiger partial charge in [-0.3, -0.25) is 4.79 Å². The standard InChI is InChI=1S/C15H23N7O/c1-3-5-11(2)16-15(23)12-6-4-9-21(10-12)14-8-7-13-17-19-20-22(13)18-14/h7-8,11-12H,3-6,9-10H2,1-2H3,(H,16,23). The van der Waals surface area contributed by atoms with Crippen LogP contribution in [0.2, 0.25) is 0 Å². The smallest absolute Gasteiger partial charge is 0.225 e. The Labute approximate surface area is 135 Å². The first-order valence-electron chi connectivity index (χ1n) is 8.28. The Hall–Kier alpha value is -2.25. The molecule has 1 N–H and O–H groups in total. The molecule has 1 fully saturated rings. The summed E-state index contributed by atoms with van der Waals surface area (Å²) in [5.41, 5.74) is 0.619. The van der Waals surface area contributed by atoms with E-state index in [-0.39, 0.29) is 17.9 Å². The zero-order chi connectivity index (χ0) is 16.2. The molecular weight excluding hydrogens is 294 g/mol. The molecule has 1 aliphatic rings. The summed E-state index contributed by atoms with van der Waals surface area (Å²) in [6.45, 7) is 5.78. The van der Waals surface area contributed by atoms with Gasteiger partial charge in [0.25, 0.3) is 0 Å². The summed E-state index contributed by atoms with van der Waals surface area (Å²) in [6, 6.07) is 3.99. The van der Waals surface area contributed by atoms with Crippen molar-refractivity contribution in [3.8, 4) is 0 Å². The molecule has 0 saturated carbocycles. The van der Waals surface area contributed by atoms with Crippen molar-refractivity contribution >= 4 is 17.4 Å². The van der Waals surface area contributed by atoms with Crippen molar-refractivity contribution in [2.75, 3.05) is 18.0 Å². The Balaban J connectivity index is 1.66. The van der Waals surface area contributed by atoms with E-state index in [0.717, 1.165) is 38.0 Å². The topological polar surface area (TPSA) is 88.3 Å². The van der Waals surface area contributed by atoms with Gasteiger partial charge in [0.05, 0.1) is 5.92 Å². The van der Waals surface area contributed by atoms with E-state index in [0.29, 0.717) is 12.2 Å². The lowest BCUT2D eigenvalue weighted by Crippen LogP contribution is -2.45. The van der Waals surface area contributed by atoms with Crippen LogP contribution < -0.4 is 10.2 Å². The molecule has 3 rings (SSSR count). The van der Waals surface area contributed by atoms with E-state index < -0.39 is 0 Å². The lowest BCUT2D eigenvalue weighted by Gasteiger charge is -2.33. The molecule has 1 saturated heterocycles. The first-order valence-corrected chi connectivity index (χ1v) is 8.28. The fraction of sp³-hybridized carbons (Fsp3) is 0.667. The number of piperidine rings is 1. The van der Waals surface area contributed by atoms with E-state index in [1.165, 1.54) is 4.63 Å². The molecule has 1 aliphatic heterocycles. The van der Waals surface area contributed by atoms with E-state index in [2.05, 4.69) is 44.7 Å². The van der Waals surface area contributed by atoms with Crippen LogP contribution >= 0.6 is 0 Å². The van der Waals surface area contributed by atoms with E-state index in [1.807, 2.05) is 12.1 Å². The van der Waals surface area contributed by atoms with E-state index >= 15 is 0 Å². The Morgan fingerprint density at radius 1 is 1.48 bits per heavy atom. The first-order chi connectivity index (χ1) is 11.2. The van der Waals surface area contributed by atoms with E-state index in [9.17, 15) is 4.79 Å². The maximum absolute atomic E-state index is 12.4. The number of aromatic nitrogens is 5. The highest BCUT2D eigenvalue weighted by Crippen LogP contribution is 2.22. The van der Waals surface area contributed by atoms with Gasteiger partial charge in [0.2, 0.25) is 5.91 Å². The molecule has 8 heteroatoms. The summed E-state index contributed by atoms with van der Waals surface area (Å²) in [5, 5.41) is 18.8. The predicted molar refractivity (Wildman–Crippen MR) is 86.0 cm³/mol. The third-order valence-electron chi connectivity index (χ3n) is 4.28. The Morgan fingerprint density at radius 2 is 2.35 bits per heavy atom. The number of rotatable bonds is 5. The molecule has 3 heterocycles. The molecule has 2 aromatic rings. The number of carbonyl (C=O) groups is 1. The Bertz CT molecular complexity index is 671. The van der Waals surface area contributed by atoms with Crippen LogP contribution in [0.3, 0.4) is 0 Å². The number of nitrogens with zero attached hydrogens (tertiary/aromatic N) is 6. The van der Waals surface area contributed by atoms with Crippen molar-refractivity contribution in [3.05, 3.63) is 12.1 Å². The molecule has 0 radical (unpaired) electrons. The number of carbonyl (C=O) groups excluding carboxylic acids is 1. The third-order valence-corrected chi connectivity index (χ3v) is 4.28. The van der Waals surface area contributed by atoms with Gasteiger partial charge in [-0.15, -0.1) is 14.8 Å². The maximum atomic E-state index is 12.4. The molecule has 2 aromatic heterocycles. The Kier molecular flexibility index (Phi) is 4.68. The van der Waals surface area contributed by atoms with Crippen LogP contribution in [-0.2, 0) is 4.79 Å². The lowest BCUT2D eigenvalue weighted by atomic mass is 9.96. The van der Waals surface area contributed by atoms with Gasteiger partial charge >= 0.3 is 0 Å². The molecule has 2 unspecified atom stereocenters. The fourth-order valence-corrected chi connectivity index (χ4v) is 3.07. The molecule has 0 bridgehead atoms. The molecule has 0 aliphatic carbocycles. The SMILES string of the molecule is CCCC(C)NC(=O)C1CCCN(c2ccc3nnnn3n2)C1. The van der Waals surface area contributed by atoms with Crippen molar-refractivity contribution in [2.24, 2.45) is 5.92 Å². The largest absolute Gasteiger partial charge is 0.354 e. The van der Waals surface area contributed by atoms with Gasteiger partial charge in [-0.05, 0) is 48.7 Å². The first kappa shape index (κ1) is 15.6. The highest BCUT2D eigenvalue weighted by molar-refractivity contribution is 5.79. The molecule has 1 amide bonds. The lowest BCUT2D eigenvalue weighted by molar-refractivity contribution is -0.125. The van der Waals surface area contributed by atoms with Crippen LogP contribution in [0.15, 0.2) is 12.1 Å². The van der Waals surface area contributed by atoms with Crippen LogP contribution in [0.4, 0.5) is 5.82 Å². The number of anilines is 1. The summed E-state index contributed by atoms with van der Waals surface area (Å²) in [7, 11) is 0. The molecule has 23 heavy (non-hydrogen) atoms. The van der Waals surface area contributed by atoms with Gasteiger partial charge in [-0.25, -0.2) is 0 Å². The number of amides is 1. The van der Waals surface area contributed by atoms with Crippen molar-refractivity contribution in [1.82, 2.24) is 30.6 Å². The summed E-state index contributed by atoms with van der Waals surface area (Å²) in [5.74, 6) is 0.970. The van der Waals surface area contributed by atoms with Crippen molar-refractivity contribution < 1.29 is 4.79 Å². The van der Waals surface area contributed by atoms with E-state index in [1.54, 1.807) is 0 Å². The van der Waals surface area contributed by atoms with Gasteiger partial charge in [0, 0.05) is 19.1 Å². The van der Waals surface area contributed by atoms with Crippen LogP contribution in [0.5, 0.6) is 0 Å². The summed E-state index contributed by atoms with van der Waals surface area (Å²) < 4.78 is 1.42. The highest BCUT2D eigenvalue weighted by atomic mass is 16.2. The predicted octanol–water partition coefficient (Wildman–Crippen LogP) is 1.04. The number of hydrogen-bond donors (Lipinski definition) is 1. The minimum Gasteiger partial charge on any atom is -0.354 e. The van der Waals surface area contributed by atoms with Crippen LogP contribution in [0, 0.1) is 5.92 Å². The quantitative estimate of drug-likeness (QED) is 0.886. The average Bonchev–Trinajstić information content (AvgIpc) is 3.02. The second kappa shape index (κ2) is 6.89. The molecular formula is C15H23N7O. The Morgan fingerprint density at radius 3 is 3.17 bits per heavy atom. The van der Waals surface area contributed by atoms with Crippen molar-refractivity contribution in [3.63, 3.8) is 0 Å². The number of nitrogens with one attached hydrogen (secondary N) is 1. The molecule has 124 valence electrons. The van der Waals surface area contributed by atoms with E-state index in [4.69, 9.17) is 0 Å². The van der Waals surface area contributed by atoms with Gasteiger partial charge in [0.1, 0.15) is 0 Å². The second-order valence-electron chi connectivity index (χ2n) is 6.20. The van der Waals surface area contributed by atoms with Crippen LogP contribution in [0.1, 0.15) is 39.5 Å². The average molecular weight is 317 g/mol. The monoisotopic (exact) mass is 317 g/mol. The zero-order valence-corrected chi connectivity index (χ0v) is 13.6. The summed E-state index contributed by atoms with van der Waals surface area (Å²) in [4.78, 5) is 14.6. The molecule has 0 spiro atoms. The minimum absolute atomic E-state index is 0.00873. The summed E-state index contributed by atoms with van der Waals surface area (Å²) in [6.07, 6.45) is 4.00. The van der Waals surface area contributed by atoms with Crippen LogP contribution in [-0.4, -0.2) is 50.3 Å².